The van der Waals surface area contributed by atoms with E-state index in [4.69, 9.17) is 10.6 Å². The number of unbranched alkanes of at least 4 members (excludes halogenated alkanes) is 2. The number of nitrogens with one attached hydrogen (secondary N) is 1. The molecule has 2 atom stereocenters. The largest absolute Gasteiger partial charge is 0.387 e. The summed E-state index contributed by atoms with van der Waals surface area (Å²) in [7, 11) is 0. The lowest BCUT2D eigenvalue weighted by atomic mass is 9.91. The van der Waals surface area contributed by atoms with Crippen LogP contribution in [0.1, 0.15) is 57.9 Å². The number of oxime groups is 1. The van der Waals surface area contributed by atoms with Gasteiger partial charge in [0.1, 0.15) is 6.04 Å². The van der Waals surface area contributed by atoms with Gasteiger partial charge < -0.3 is 20.8 Å². The first-order valence-electron chi connectivity index (χ1n) is 10.7. The highest BCUT2D eigenvalue weighted by Gasteiger charge is 2.53. The number of nitrogens with two attached hydrogens (primary N) is 1. The fourth-order valence-corrected chi connectivity index (χ4v) is 4.07. The summed E-state index contributed by atoms with van der Waals surface area (Å²) in [5.74, 6) is -0.900. The summed E-state index contributed by atoms with van der Waals surface area (Å²) in [4.78, 5) is 43.7. The average Bonchev–Trinajstić information content (AvgIpc) is 3.32. The van der Waals surface area contributed by atoms with Crippen molar-refractivity contribution < 1.29 is 19.2 Å². The van der Waals surface area contributed by atoms with Gasteiger partial charge in [-0.1, -0.05) is 43.6 Å². The minimum atomic E-state index is -0.792. The van der Waals surface area contributed by atoms with Gasteiger partial charge in [0.2, 0.25) is 17.7 Å². The Kier molecular flexibility index (Phi) is 6.77. The Hall–Kier alpha value is -3.16. The van der Waals surface area contributed by atoms with Crippen LogP contribution in [0.3, 0.4) is 0 Å². The third-order valence-electron chi connectivity index (χ3n) is 5.68. The van der Waals surface area contributed by atoms with Crippen LogP contribution in [0, 0.1) is 0 Å². The maximum absolute atomic E-state index is 12.5. The lowest BCUT2D eigenvalue weighted by Gasteiger charge is -2.23. The average molecular weight is 427 g/mol. The Morgan fingerprint density at radius 3 is 2.81 bits per heavy atom. The van der Waals surface area contributed by atoms with Crippen molar-refractivity contribution in [2.24, 2.45) is 10.9 Å². The summed E-state index contributed by atoms with van der Waals surface area (Å²) < 4.78 is 0. The Morgan fingerprint density at radius 1 is 1.35 bits per heavy atom. The molecule has 0 bridgehead atoms. The summed E-state index contributed by atoms with van der Waals surface area (Å²) >= 11 is 0. The lowest BCUT2D eigenvalue weighted by molar-refractivity contribution is -0.134. The third-order valence-corrected chi connectivity index (χ3v) is 5.68. The molecule has 2 aliphatic heterocycles. The van der Waals surface area contributed by atoms with Gasteiger partial charge in [-0.05, 0) is 25.5 Å². The monoisotopic (exact) mass is 426 g/mol. The molecule has 0 aromatic heterocycles. The first kappa shape index (κ1) is 22.5. The molecule has 2 aliphatic rings. The SMILES string of the molecule is C=C(C)C(=O)N1CC2(CC(c3cccc(NC(=O)CCCCC)c3)=NO2)C[C@H]1C(N)=O. The second-order valence-electron chi connectivity index (χ2n) is 8.41. The van der Waals surface area contributed by atoms with E-state index in [1.807, 2.05) is 24.3 Å². The smallest absolute Gasteiger partial charge is 0.249 e. The quantitative estimate of drug-likeness (QED) is 0.491. The summed E-state index contributed by atoms with van der Waals surface area (Å²) in [5.41, 5.74) is 7.31. The molecule has 31 heavy (non-hydrogen) atoms. The van der Waals surface area contributed by atoms with Crippen LogP contribution < -0.4 is 11.1 Å². The molecule has 1 spiro atoms. The van der Waals surface area contributed by atoms with Crippen LogP contribution in [0.4, 0.5) is 5.69 Å². The van der Waals surface area contributed by atoms with E-state index in [-0.39, 0.29) is 24.8 Å². The van der Waals surface area contributed by atoms with E-state index < -0.39 is 17.6 Å². The minimum absolute atomic E-state index is 0.0132. The van der Waals surface area contributed by atoms with Gasteiger partial charge in [0, 0.05) is 36.1 Å². The predicted octanol–water partition coefficient (Wildman–Crippen LogP) is 2.73. The molecule has 0 aliphatic carbocycles. The molecule has 1 aromatic carbocycles. The fourth-order valence-electron chi connectivity index (χ4n) is 4.07. The molecule has 0 radical (unpaired) electrons. The second-order valence-corrected chi connectivity index (χ2v) is 8.41. The zero-order valence-corrected chi connectivity index (χ0v) is 18.1. The van der Waals surface area contributed by atoms with Crippen molar-refractivity contribution in [3.05, 3.63) is 42.0 Å². The van der Waals surface area contributed by atoms with E-state index in [2.05, 4.69) is 24.0 Å². The Labute approximate surface area is 182 Å². The zero-order valence-electron chi connectivity index (χ0n) is 18.1. The zero-order chi connectivity index (χ0) is 22.6. The molecule has 1 unspecified atom stereocenters. The number of hydrogen-bond donors (Lipinski definition) is 2. The van der Waals surface area contributed by atoms with Gasteiger partial charge in [0.05, 0.1) is 12.3 Å². The van der Waals surface area contributed by atoms with E-state index >= 15 is 0 Å². The van der Waals surface area contributed by atoms with Crippen molar-refractivity contribution in [2.75, 3.05) is 11.9 Å². The van der Waals surface area contributed by atoms with Gasteiger partial charge in [-0.15, -0.1) is 0 Å². The van der Waals surface area contributed by atoms with Crippen LogP contribution >= 0.6 is 0 Å². The van der Waals surface area contributed by atoms with Crippen LogP contribution in [0.2, 0.25) is 0 Å². The molecule has 166 valence electrons. The molecule has 1 fully saturated rings. The molecule has 1 saturated heterocycles. The first-order chi connectivity index (χ1) is 14.7. The topological polar surface area (TPSA) is 114 Å². The Bertz CT molecular complexity index is 926. The molecule has 3 amide bonds. The van der Waals surface area contributed by atoms with Crippen molar-refractivity contribution in [3.63, 3.8) is 0 Å². The van der Waals surface area contributed by atoms with Gasteiger partial charge in [-0.25, -0.2) is 0 Å². The first-order valence-corrected chi connectivity index (χ1v) is 10.7. The Morgan fingerprint density at radius 2 is 2.13 bits per heavy atom. The normalized spacial score (nSPS) is 22.2. The molecule has 0 saturated carbocycles. The molecular weight excluding hydrogens is 396 g/mol. The van der Waals surface area contributed by atoms with Crippen molar-refractivity contribution in [2.45, 2.75) is 64.0 Å². The van der Waals surface area contributed by atoms with Crippen LogP contribution in [-0.2, 0) is 19.2 Å². The fraction of sp³-hybridized carbons (Fsp3) is 0.478. The summed E-state index contributed by atoms with van der Waals surface area (Å²) in [6, 6.07) is 6.68. The molecule has 8 nitrogen and oxygen atoms in total. The van der Waals surface area contributed by atoms with Gasteiger partial charge >= 0.3 is 0 Å². The predicted molar refractivity (Wildman–Crippen MR) is 118 cm³/mol. The Balaban J connectivity index is 1.69. The van der Waals surface area contributed by atoms with Crippen molar-refractivity contribution in [3.8, 4) is 0 Å². The molecule has 8 heteroatoms. The third kappa shape index (κ3) is 5.13. The maximum atomic E-state index is 12.5. The van der Waals surface area contributed by atoms with Gasteiger partial charge in [0.25, 0.3) is 0 Å². The number of likely N-dealkylation sites (tertiary alicyclic amines) is 1. The van der Waals surface area contributed by atoms with Gasteiger partial charge in [-0.2, -0.15) is 0 Å². The highest BCUT2D eigenvalue weighted by atomic mass is 16.7. The number of hydrogen-bond acceptors (Lipinski definition) is 5. The van der Waals surface area contributed by atoms with Gasteiger partial charge in [-0.3, -0.25) is 14.4 Å². The van der Waals surface area contributed by atoms with E-state index in [0.717, 1.165) is 24.8 Å². The van der Waals surface area contributed by atoms with E-state index in [1.165, 1.54) is 4.90 Å². The summed E-state index contributed by atoms with van der Waals surface area (Å²) in [6.45, 7) is 7.60. The second kappa shape index (κ2) is 9.32. The molecule has 1 aromatic rings. The summed E-state index contributed by atoms with van der Waals surface area (Å²) in [6.07, 6.45) is 4.17. The van der Waals surface area contributed by atoms with E-state index in [1.54, 1.807) is 6.92 Å². The van der Waals surface area contributed by atoms with Crippen LogP contribution in [0.15, 0.2) is 41.6 Å². The van der Waals surface area contributed by atoms with Crippen molar-refractivity contribution in [1.29, 1.82) is 0 Å². The maximum Gasteiger partial charge on any atom is 0.249 e. The molecule has 2 heterocycles. The molecule has 3 N–H and O–H groups in total. The minimum Gasteiger partial charge on any atom is -0.387 e. The van der Waals surface area contributed by atoms with Crippen LogP contribution in [0.5, 0.6) is 0 Å². The van der Waals surface area contributed by atoms with E-state index in [9.17, 15) is 14.4 Å². The molecule has 3 rings (SSSR count). The number of rotatable bonds is 8. The number of primary amides is 1. The van der Waals surface area contributed by atoms with Crippen LogP contribution in [0.25, 0.3) is 0 Å². The van der Waals surface area contributed by atoms with E-state index in [0.29, 0.717) is 29.8 Å². The highest BCUT2D eigenvalue weighted by molar-refractivity contribution is 6.03. The summed E-state index contributed by atoms with van der Waals surface area (Å²) in [5, 5.41) is 7.17. The number of nitrogens with zero attached hydrogens (tertiary/aromatic N) is 2. The number of anilines is 1. The molecular formula is C23H30N4O4. The number of amides is 3. The highest BCUT2D eigenvalue weighted by Crippen LogP contribution is 2.39. The number of benzene rings is 1. The van der Waals surface area contributed by atoms with Gasteiger partial charge in [0.15, 0.2) is 5.60 Å². The number of carbonyl (C=O) groups excluding carboxylic acids is 3. The van der Waals surface area contributed by atoms with Crippen molar-refractivity contribution in [1.82, 2.24) is 4.90 Å². The van der Waals surface area contributed by atoms with Crippen molar-refractivity contribution >= 4 is 29.1 Å². The lowest BCUT2D eigenvalue weighted by Crippen LogP contribution is -2.44. The number of carbonyl (C=O) groups is 3. The standard InChI is InChI=1S/C23H30N4O4/c1-4-5-6-10-20(28)25-17-9-7-8-16(11-17)18-12-23(31-26-18)13-19(21(24)29)27(14-23)22(30)15(2)3/h7-9,11,19H,2,4-6,10,12-14H2,1,3H3,(H2,24,29)(H,25,28)/t19-,23?/m0/s1. The van der Waals surface area contributed by atoms with Crippen LogP contribution in [-0.4, -0.2) is 46.5 Å².